The van der Waals surface area contributed by atoms with Crippen molar-refractivity contribution in [2.24, 2.45) is 0 Å². The molecule has 0 fully saturated rings. The zero-order valence-electron chi connectivity index (χ0n) is 12.1. The van der Waals surface area contributed by atoms with Crippen molar-refractivity contribution in [1.82, 2.24) is 5.32 Å². The maximum atomic E-state index is 12.0. The van der Waals surface area contributed by atoms with Gasteiger partial charge in [-0.15, -0.1) is 0 Å². The molecule has 2 aromatic rings. The number of nitrogens with one attached hydrogen (secondary N) is 1. The summed E-state index contributed by atoms with van der Waals surface area (Å²) in [6.07, 6.45) is 1.31. The van der Waals surface area contributed by atoms with Gasteiger partial charge in [0.25, 0.3) is 0 Å². The molecule has 0 aliphatic carbocycles. The normalized spacial score (nSPS) is 11.9. The first kappa shape index (κ1) is 14.3. The molecule has 2 nitrogen and oxygen atoms in total. The van der Waals surface area contributed by atoms with E-state index in [2.05, 4.69) is 48.6 Å². The molecule has 20 heavy (non-hydrogen) atoms. The summed E-state index contributed by atoms with van der Waals surface area (Å²) in [4.78, 5) is 12.0. The second kappa shape index (κ2) is 6.90. The Hall–Kier alpha value is -2.09. The van der Waals surface area contributed by atoms with E-state index in [1.165, 1.54) is 11.1 Å². The Bertz CT molecular complexity index is 545. The summed E-state index contributed by atoms with van der Waals surface area (Å²) in [7, 11) is 0. The molecule has 0 heterocycles. The van der Waals surface area contributed by atoms with Crippen molar-refractivity contribution in [3.8, 4) is 0 Å². The van der Waals surface area contributed by atoms with E-state index < -0.39 is 0 Å². The van der Waals surface area contributed by atoms with Gasteiger partial charge in [-0.3, -0.25) is 4.79 Å². The van der Waals surface area contributed by atoms with Gasteiger partial charge in [0, 0.05) is 6.42 Å². The topological polar surface area (TPSA) is 29.1 Å². The van der Waals surface area contributed by atoms with Crippen LogP contribution in [0.15, 0.2) is 54.6 Å². The van der Waals surface area contributed by atoms with Crippen molar-refractivity contribution in [2.75, 3.05) is 0 Å². The molecule has 0 aliphatic heterocycles. The first-order chi connectivity index (χ1) is 9.65. The molecule has 0 saturated carbocycles. The summed E-state index contributed by atoms with van der Waals surface area (Å²) in [5.41, 5.74) is 3.57. The number of carbonyl (C=O) groups is 1. The van der Waals surface area contributed by atoms with Crippen LogP contribution in [0, 0.1) is 6.92 Å². The van der Waals surface area contributed by atoms with E-state index in [1.807, 2.05) is 25.1 Å². The van der Waals surface area contributed by atoms with Gasteiger partial charge in [0.15, 0.2) is 0 Å². The Kier molecular flexibility index (Phi) is 4.94. The molecule has 104 valence electrons. The quantitative estimate of drug-likeness (QED) is 0.877. The third-order valence-corrected chi connectivity index (χ3v) is 3.44. The molecule has 2 heteroatoms. The minimum absolute atomic E-state index is 0.0545. The lowest BCUT2D eigenvalue weighted by Crippen LogP contribution is -2.26. The van der Waals surface area contributed by atoms with Gasteiger partial charge in [0.2, 0.25) is 5.91 Å². The lowest BCUT2D eigenvalue weighted by Gasteiger charge is -2.14. The van der Waals surface area contributed by atoms with Crippen molar-refractivity contribution in [3.63, 3.8) is 0 Å². The first-order valence-electron chi connectivity index (χ1n) is 7.05. The molecule has 1 N–H and O–H groups in total. The fraction of sp³-hybridized carbons (Fsp3) is 0.278. The van der Waals surface area contributed by atoms with Gasteiger partial charge >= 0.3 is 0 Å². The molecule has 0 aliphatic rings. The number of amides is 1. The van der Waals surface area contributed by atoms with Crippen molar-refractivity contribution in [2.45, 2.75) is 32.7 Å². The molecular weight excluding hydrogens is 246 g/mol. The second-order valence-electron chi connectivity index (χ2n) is 5.19. The van der Waals surface area contributed by atoms with Gasteiger partial charge in [-0.2, -0.15) is 0 Å². The fourth-order valence-electron chi connectivity index (χ4n) is 2.15. The van der Waals surface area contributed by atoms with E-state index in [4.69, 9.17) is 0 Å². The maximum absolute atomic E-state index is 12.0. The summed E-state index contributed by atoms with van der Waals surface area (Å²) in [6, 6.07) is 18.4. The molecule has 0 radical (unpaired) electrons. The first-order valence-corrected chi connectivity index (χ1v) is 7.05. The van der Waals surface area contributed by atoms with E-state index in [1.54, 1.807) is 0 Å². The number of hydrogen-bond acceptors (Lipinski definition) is 1. The standard InChI is InChI=1S/C18H21NO/c1-14-8-11-17(12-9-14)15(2)19-18(20)13-10-16-6-4-3-5-7-16/h3-9,11-12,15H,10,13H2,1-2H3,(H,19,20)/t15-/m1/s1. The van der Waals surface area contributed by atoms with Crippen LogP contribution in [-0.4, -0.2) is 5.91 Å². The molecule has 0 spiro atoms. The van der Waals surface area contributed by atoms with E-state index >= 15 is 0 Å². The Labute approximate surface area is 120 Å². The monoisotopic (exact) mass is 267 g/mol. The van der Waals surface area contributed by atoms with Crippen LogP contribution in [-0.2, 0) is 11.2 Å². The van der Waals surface area contributed by atoms with Crippen LogP contribution in [0.3, 0.4) is 0 Å². The molecule has 0 unspecified atom stereocenters. The summed E-state index contributed by atoms with van der Waals surface area (Å²) in [5.74, 6) is 0.0990. The predicted molar refractivity (Wildman–Crippen MR) is 82.5 cm³/mol. The van der Waals surface area contributed by atoms with E-state index in [0.29, 0.717) is 6.42 Å². The smallest absolute Gasteiger partial charge is 0.220 e. The predicted octanol–water partition coefficient (Wildman–Crippen LogP) is 3.81. The lowest BCUT2D eigenvalue weighted by atomic mass is 10.1. The molecular formula is C18H21NO. The van der Waals surface area contributed by atoms with Gasteiger partial charge < -0.3 is 5.32 Å². The third-order valence-electron chi connectivity index (χ3n) is 3.44. The van der Waals surface area contributed by atoms with Crippen molar-refractivity contribution in [1.29, 1.82) is 0 Å². The maximum Gasteiger partial charge on any atom is 0.220 e. The highest BCUT2D eigenvalue weighted by Crippen LogP contribution is 2.13. The highest BCUT2D eigenvalue weighted by Gasteiger charge is 2.09. The Morgan fingerprint density at radius 3 is 2.35 bits per heavy atom. The second-order valence-corrected chi connectivity index (χ2v) is 5.19. The van der Waals surface area contributed by atoms with Gasteiger partial charge in [0.1, 0.15) is 0 Å². The number of benzene rings is 2. The van der Waals surface area contributed by atoms with Crippen LogP contribution in [0.5, 0.6) is 0 Å². The molecule has 2 aromatic carbocycles. The van der Waals surface area contributed by atoms with Crippen LogP contribution in [0.2, 0.25) is 0 Å². The van der Waals surface area contributed by atoms with E-state index in [-0.39, 0.29) is 11.9 Å². The van der Waals surface area contributed by atoms with Gasteiger partial charge in [-0.05, 0) is 31.4 Å². The van der Waals surface area contributed by atoms with Crippen molar-refractivity contribution < 1.29 is 4.79 Å². The lowest BCUT2D eigenvalue weighted by molar-refractivity contribution is -0.121. The average molecular weight is 267 g/mol. The van der Waals surface area contributed by atoms with Crippen LogP contribution in [0.1, 0.15) is 36.1 Å². The largest absolute Gasteiger partial charge is 0.350 e. The minimum Gasteiger partial charge on any atom is -0.350 e. The van der Waals surface area contributed by atoms with E-state index in [9.17, 15) is 4.79 Å². The van der Waals surface area contributed by atoms with Gasteiger partial charge in [-0.1, -0.05) is 60.2 Å². The van der Waals surface area contributed by atoms with Crippen LogP contribution >= 0.6 is 0 Å². The summed E-state index contributed by atoms with van der Waals surface area (Å²) in [6.45, 7) is 4.08. The summed E-state index contributed by atoms with van der Waals surface area (Å²) >= 11 is 0. The number of aryl methyl sites for hydroxylation is 2. The van der Waals surface area contributed by atoms with Crippen molar-refractivity contribution in [3.05, 3.63) is 71.3 Å². The molecule has 1 amide bonds. The molecule has 2 rings (SSSR count). The molecule has 0 aromatic heterocycles. The molecule has 1 atom stereocenters. The SMILES string of the molecule is Cc1ccc([C@@H](C)NC(=O)CCc2ccccc2)cc1. The Balaban J connectivity index is 1.83. The molecule has 0 bridgehead atoms. The van der Waals surface area contributed by atoms with Gasteiger partial charge in [0.05, 0.1) is 6.04 Å². The van der Waals surface area contributed by atoms with Crippen LogP contribution < -0.4 is 5.32 Å². The number of hydrogen-bond donors (Lipinski definition) is 1. The summed E-state index contributed by atoms with van der Waals surface area (Å²) in [5, 5.41) is 3.05. The highest BCUT2D eigenvalue weighted by molar-refractivity contribution is 5.76. The number of carbonyl (C=O) groups excluding carboxylic acids is 1. The summed E-state index contributed by atoms with van der Waals surface area (Å²) < 4.78 is 0. The molecule has 0 saturated heterocycles. The Morgan fingerprint density at radius 1 is 1.05 bits per heavy atom. The van der Waals surface area contributed by atoms with E-state index in [0.717, 1.165) is 12.0 Å². The zero-order chi connectivity index (χ0) is 14.4. The Morgan fingerprint density at radius 2 is 1.70 bits per heavy atom. The minimum atomic E-state index is 0.0545. The fourth-order valence-corrected chi connectivity index (χ4v) is 2.15. The number of rotatable bonds is 5. The van der Waals surface area contributed by atoms with Crippen LogP contribution in [0.25, 0.3) is 0 Å². The average Bonchev–Trinajstić information content (AvgIpc) is 2.47. The third kappa shape index (κ3) is 4.23. The van der Waals surface area contributed by atoms with Crippen molar-refractivity contribution >= 4 is 5.91 Å². The zero-order valence-corrected chi connectivity index (χ0v) is 12.1. The van der Waals surface area contributed by atoms with Crippen LogP contribution in [0.4, 0.5) is 0 Å². The van der Waals surface area contributed by atoms with Gasteiger partial charge in [-0.25, -0.2) is 0 Å². The highest BCUT2D eigenvalue weighted by atomic mass is 16.1.